The van der Waals surface area contributed by atoms with Crippen molar-refractivity contribution in [2.24, 2.45) is 4.99 Å². The molecular weight excluding hydrogens is 354 g/mol. The van der Waals surface area contributed by atoms with Crippen molar-refractivity contribution in [3.05, 3.63) is 38.5 Å². The van der Waals surface area contributed by atoms with E-state index >= 15 is 0 Å². The number of thiazole rings is 1. The van der Waals surface area contributed by atoms with Crippen molar-refractivity contribution < 1.29 is 4.79 Å². The summed E-state index contributed by atoms with van der Waals surface area (Å²) in [4.78, 5) is 22.7. The Balaban J connectivity index is 1.65. The summed E-state index contributed by atoms with van der Waals surface area (Å²) in [5, 5.41) is 12.5. The topological polar surface area (TPSA) is 78.4 Å². The fourth-order valence-electron chi connectivity index (χ4n) is 2.11. The van der Waals surface area contributed by atoms with Gasteiger partial charge in [-0.1, -0.05) is 6.07 Å². The first-order valence-corrected chi connectivity index (χ1v) is 10.1. The second-order valence-corrected chi connectivity index (χ2v) is 7.66. The van der Waals surface area contributed by atoms with E-state index in [4.69, 9.17) is 0 Å². The van der Waals surface area contributed by atoms with Gasteiger partial charge in [-0.3, -0.25) is 9.79 Å². The van der Waals surface area contributed by atoms with Crippen molar-refractivity contribution >= 4 is 34.5 Å². The molecule has 6 nitrogen and oxygen atoms in total. The summed E-state index contributed by atoms with van der Waals surface area (Å²) < 4.78 is 0. The maximum atomic E-state index is 11.8. The lowest BCUT2D eigenvalue weighted by Gasteiger charge is -2.10. The number of aromatic nitrogens is 1. The van der Waals surface area contributed by atoms with Gasteiger partial charge in [-0.25, -0.2) is 4.98 Å². The van der Waals surface area contributed by atoms with Crippen LogP contribution in [0.3, 0.4) is 0 Å². The molecule has 0 unspecified atom stereocenters. The van der Waals surface area contributed by atoms with Gasteiger partial charge < -0.3 is 16.0 Å². The van der Waals surface area contributed by atoms with Gasteiger partial charge in [0, 0.05) is 43.7 Å². The molecule has 0 atom stereocenters. The van der Waals surface area contributed by atoms with Gasteiger partial charge in [0.25, 0.3) is 5.91 Å². The second kappa shape index (κ2) is 10.8. The van der Waals surface area contributed by atoms with Crippen LogP contribution in [0.2, 0.25) is 0 Å². The highest BCUT2D eigenvalue weighted by molar-refractivity contribution is 7.12. The molecule has 0 fully saturated rings. The number of thiophene rings is 1. The molecule has 8 heteroatoms. The zero-order valence-electron chi connectivity index (χ0n) is 14.7. The van der Waals surface area contributed by atoms with E-state index in [0.29, 0.717) is 13.1 Å². The highest BCUT2D eigenvalue weighted by Crippen LogP contribution is 2.10. The van der Waals surface area contributed by atoms with Crippen LogP contribution in [0, 0.1) is 6.92 Å². The Morgan fingerprint density at radius 2 is 2.16 bits per heavy atom. The molecule has 0 saturated heterocycles. The molecule has 0 spiro atoms. The van der Waals surface area contributed by atoms with Crippen molar-refractivity contribution in [2.45, 2.75) is 26.7 Å². The molecule has 25 heavy (non-hydrogen) atoms. The molecule has 3 N–H and O–H groups in total. The summed E-state index contributed by atoms with van der Waals surface area (Å²) in [5.41, 5.74) is 0. The van der Waals surface area contributed by atoms with Crippen LogP contribution in [0.15, 0.2) is 28.7 Å². The molecule has 0 radical (unpaired) electrons. The predicted octanol–water partition coefficient (Wildman–Crippen LogP) is 2.43. The van der Waals surface area contributed by atoms with Crippen LogP contribution in [0.5, 0.6) is 0 Å². The molecule has 0 aromatic carbocycles. The highest BCUT2D eigenvalue weighted by atomic mass is 32.1. The Hall–Kier alpha value is -1.93. The van der Waals surface area contributed by atoms with Gasteiger partial charge in [-0.05, 0) is 31.7 Å². The number of nitrogens with zero attached hydrogens (tertiary/aromatic N) is 2. The van der Waals surface area contributed by atoms with E-state index in [1.54, 1.807) is 11.3 Å². The normalized spacial score (nSPS) is 11.4. The molecule has 0 aliphatic rings. The third kappa shape index (κ3) is 7.23. The molecule has 136 valence electrons. The van der Waals surface area contributed by atoms with E-state index in [1.807, 2.05) is 30.6 Å². The molecule has 2 aromatic rings. The molecule has 0 aliphatic carbocycles. The van der Waals surface area contributed by atoms with E-state index in [-0.39, 0.29) is 5.91 Å². The lowest BCUT2D eigenvalue weighted by molar-refractivity contribution is 0.0957. The van der Waals surface area contributed by atoms with Crippen LogP contribution in [0.4, 0.5) is 0 Å². The maximum Gasteiger partial charge on any atom is 0.261 e. The monoisotopic (exact) mass is 379 g/mol. The maximum absolute atomic E-state index is 11.8. The second-order valence-electron chi connectivity index (χ2n) is 5.39. The number of aliphatic imine (C=N–C) groups is 1. The molecule has 2 rings (SSSR count). The minimum absolute atomic E-state index is 0.0113. The third-order valence-electron chi connectivity index (χ3n) is 3.28. The van der Waals surface area contributed by atoms with Crippen LogP contribution >= 0.6 is 22.7 Å². The van der Waals surface area contributed by atoms with Crippen molar-refractivity contribution in [3.63, 3.8) is 0 Å². The van der Waals surface area contributed by atoms with Gasteiger partial charge in [-0.15, -0.1) is 22.7 Å². The number of amides is 1. The minimum atomic E-state index is -0.0113. The first-order valence-electron chi connectivity index (χ1n) is 8.44. The zero-order chi connectivity index (χ0) is 17.9. The van der Waals surface area contributed by atoms with E-state index in [9.17, 15) is 4.79 Å². The fourth-order valence-corrected chi connectivity index (χ4v) is 3.54. The fraction of sp³-hybridized carbons (Fsp3) is 0.471. The number of hydrogen-bond acceptors (Lipinski definition) is 5. The first kappa shape index (κ1) is 19.4. The zero-order valence-corrected chi connectivity index (χ0v) is 16.3. The van der Waals surface area contributed by atoms with Gasteiger partial charge in [0.05, 0.1) is 9.88 Å². The van der Waals surface area contributed by atoms with Gasteiger partial charge >= 0.3 is 0 Å². The van der Waals surface area contributed by atoms with Crippen molar-refractivity contribution in [1.82, 2.24) is 20.9 Å². The highest BCUT2D eigenvalue weighted by Gasteiger charge is 2.04. The Kier molecular flexibility index (Phi) is 8.41. The van der Waals surface area contributed by atoms with Crippen molar-refractivity contribution in [1.29, 1.82) is 0 Å². The molecule has 2 aromatic heterocycles. The van der Waals surface area contributed by atoms with Gasteiger partial charge in [0.15, 0.2) is 5.96 Å². The van der Waals surface area contributed by atoms with E-state index in [2.05, 4.69) is 32.9 Å². The van der Waals surface area contributed by atoms with Crippen molar-refractivity contribution in [3.8, 4) is 0 Å². The average Bonchev–Trinajstić information content (AvgIpc) is 3.26. The Bertz CT molecular complexity index is 666. The lowest BCUT2D eigenvalue weighted by Crippen LogP contribution is -2.38. The number of aryl methyl sites for hydroxylation is 1. The molecule has 0 aliphatic heterocycles. The first-order chi connectivity index (χ1) is 12.2. The number of nitrogens with one attached hydrogen (secondary N) is 3. The Morgan fingerprint density at radius 1 is 1.28 bits per heavy atom. The number of guanidine groups is 1. The van der Waals surface area contributed by atoms with E-state index in [1.165, 1.54) is 16.2 Å². The van der Waals surface area contributed by atoms with Crippen molar-refractivity contribution in [2.75, 3.05) is 26.2 Å². The predicted molar refractivity (Wildman–Crippen MR) is 106 cm³/mol. The Morgan fingerprint density at radius 3 is 2.84 bits per heavy atom. The van der Waals surface area contributed by atoms with Crippen LogP contribution in [-0.2, 0) is 6.42 Å². The Labute approximate surface area is 156 Å². The average molecular weight is 380 g/mol. The molecule has 0 bridgehead atoms. The van der Waals surface area contributed by atoms with E-state index in [0.717, 1.165) is 41.8 Å². The smallest absolute Gasteiger partial charge is 0.261 e. The lowest BCUT2D eigenvalue weighted by atomic mass is 10.4. The molecule has 2 heterocycles. The number of carbonyl (C=O) groups is 1. The summed E-state index contributed by atoms with van der Waals surface area (Å²) >= 11 is 3.18. The summed E-state index contributed by atoms with van der Waals surface area (Å²) in [6.07, 6.45) is 3.60. The number of carbonyl (C=O) groups excluding carboxylic acids is 1. The molecular formula is C17H25N5OS2. The van der Waals surface area contributed by atoms with Gasteiger partial charge in [0.2, 0.25) is 0 Å². The summed E-state index contributed by atoms with van der Waals surface area (Å²) in [6.45, 7) is 7.01. The summed E-state index contributed by atoms with van der Waals surface area (Å²) in [5.74, 6) is 0.795. The third-order valence-corrected chi connectivity index (χ3v) is 5.12. The summed E-state index contributed by atoms with van der Waals surface area (Å²) in [6, 6.07) is 3.71. The van der Waals surface area contributed by atoms with E-state index < -0.39 is 0 Å². The van der Waals surface area contributed by atoms with Crippen LogP contribution in [-0.4, -0.2) is 43.0 Å². The standard InChI is InChI=1S/C17H25N5OS2/c1-3-18-17(21-10-7-15-22-12-13(2)25-15)20-9-5-8-19-16(23)14-6-4-11-24-14/h4,6,11-12H,3,5,7-10H2,1-2H3,(H,19,23)(H2,18,20,21). The SMILES string of the molecule is CCNC(=NCCCNC(=O)c1cccs1)NCCc1ncc(C)s1. The largest absolute Gasteiger partial charge is 0.357 e. The van der Waals surface area contributed by atoms with Gasteiger partial charge in [-0.2, -0.15) is 0 Å². The minimum Gasteiger partial charge on any atom is -0.357 e. The van der Waals surface area contributed by atoms with Crippen LogP contribution in [0.25, 0.3) is 0 Å². The summed E-state index contributed by atoms with van der Waals surface area (Å²) in [7, 11) is 0. The molecule has 0 saturated carbocycles. The van der Waals surface area contributed by atoms with Crippen LogP contribution in [0.1, 0.15) is 32.9 Å². The number of rotatable bonds is 9. The quantitative estimate of drug-likeness (QED) is 0.355. The van der Waals surface area contributed by atoms with Gasteiger partial charge in [0.1, 0.15) is 0 Å². The number of hydrogen-bond donors (Lipinski definition) is 3. The molecule has 1 amide bonds. The van der Waals surface area contributed by atoms with Crippen LogP contribution < -0.4 is 16.0 Å².